The summed E-state index contributed by atoms with van der Waals surface area (Å²) in [6.07, 6.45) is 2.63. The van der Waals surface area contributed by atoms with Crippen molar-refractivity contribution in [1.82, 2.24) is 24.6 Å². The van der Waals surface area contributed by atoms with Crippen LogP contribution in [0.15, 0.2) is 21.2 Å². The van der Waals surface area contributed by atoms with Gasteiger partial charge in [0.15, 0.2) is 5.82 Å². The first-order valence-electron chi connectivity index (χ1n) is 7.08. The number of H-pyrrole nitrogens is 1. The molecule has 1 fully saturated rings. The normalized spacial score (nSPS) is 24.7. The molecule has 0 saturated carbocycles. The van der Waals surface area contributed by atoms with E-state index in [1.54, 1.807) is 17.5 Å². The molecular formula is C13H15N5O3S. The summed E-state index contributed by atoms with van der Waals surface area (Å²) < 4.78 is 7.45. The average molecular weight is 321 g/mol. The maximum absolute atomic E-state index is 12.0. The average Bonchev–Trinajstić information content (AvgIpc) is 3.15. The van der Waals surface area contributed by atoms with Crippen molar-refractivity contribution < 1.29 is 4.74 Å². The molecule has 22 heavy (non-hydrogen) atoms. The van der Waals surface area contributed by atoms with Crippen LogP contribution in [0.3, 0.4) is 0 Å². The Labute approximate surface area is 129 Å². The summed E-state index contributed by atoms with van der Waals surface area (Å²) in [5.74, 6) is 0.480. The van der Waals surface area contributed by atoms with Gasteiger partial charge in [-0.05, 0) is 6.42 Å². The number of rotatable bonds is 2. The van der Waals surface area contributed by atoms with E-state index in [0.29, 0.717) is 12.4 Å². The second-order valence-electron chi connectivity index (χ2n) is 5.72. The van der Waals surface area contributed by atoms with Crippen molar-refractivity contribution in [3.8, 4) is 0 Å². The molecule has 8 nitrogen and oxygen atoms in total. The summed E-state index contributed by atoms with van der Waals surface area (Å²) in [5.41, 5.74) is -1.65. The van der Waals surface area contributed by atoms with Crippen molar-refractivity contribution in [1.29, 1.82) is 0 Å². The van der Waals surface area contributed by atoms with E-state index >= 15 is 0 Å². The molecule has 0 amide bonds. The minimum Gasteiger partial charge on any atom is -0.364 e. The topological polar surface area (TPSA) is 93.1 Å². The number of aromatic amines is 1. The van der Waals surface area contributed by atoms with Gasteiger partial charge in [-0.2, -0.15) is 5.10 Å². The van der Waals surface area contributed by atoms with E-state index in [9.17, 15) is 9.59 Å². The summed E-state index contributed by atoms with van der Waals surface area (Å²) in [4.78, 5) is 30.0. The van der Waals surface area contributed by atoms with Gasteiger partial charge in [-0.15, -0.1) is 11.3 Å². The zero-order chi connectivity index (χ0) is 15.2. The zero-order valence-electron chi connectivity index (χ0n) is 11.8. The van der Waals surface area contributed by atoms with E-state index in [0.717, 1.165) is 31.1 Å². The van der Waals surface area contributed by atoms with Crippen LogP contribution in [0.1, 0.15) is 17.3 Å². The van der Waals surface area contributed by atoms with E-state index in [1.165, 1.54) is 4.57 Å². The molecule has 0 aliphatic carbocycles. The number of fused-ring (bicyclic) bond motifs is 1. The van der Waals surface area contributed by atoms with Gasteiger partial charge in [0.25, 0.3) is 0 Å². The number of ether oxygens (including phenoxy) is 1. The summed E-state index contributed by atoms with van der Waals surface area (Å²) in [6, 6.07) is 0. The van der Waals surface area contributed by atoms with Crippen LogP contribution < -0.4 is 11.1 Å². The standard InChI is InChI=1S/C13H15N5O3S/c19-11-12(20)18-8-13(21-6-9(18)15-16-11)1-3-17(7-13)5-10-14-2-4-22-10/h2,4H,1,3,5-8H2,(H,16,19). The fourth-order valence-corrected chi connectivity index (χ4v) is 3.78. The maximum Gasteiger partial charge on any atom is 0.330 e. The van der Waals surface area contributed by atoms with E-state index in [1.807, 2.05) is 5.38 Å². The minimum atomic E-state index is -0.682. The highest BCUT2D eigenvalue weighted by Crippen LogP contribution is 2.31. The number of likely N-dealkylation sites (tertiary alicyclic amines) is 1. The molecule has 1 unspecified atom stereocenters. The highest BCUT2D eigenvalue weighted by molar-refractivity contribution is 7.09. The molecule has 2 aliphatic heterocycles. The molecule has 1 spiro atoms. The molecule has 9 heteroatoms. The lowest BCUT2D eigenvalue weighted by Gasteiger charge is -2.34. The summed E-state index contributed by atoms with van der Waals surface area (Å²) >= 11 is 1.63. The Balaban J connectivity index is 1.55. The van der Waals surface area contributed by atoms with Crippen LogP contribution in [0.25, 0.3) is 0 Å². The van der Waals surface area contributed by atoms with Gasteiger partial charge in [-0.3, -0.25) is 19.1 Å². The lowest BCUT2D eigenvalue weighted by molar-refractivity contribution is -0.0853. The fourth-order valence-electron chi connectivity index (χ4n) is 3.12. The lowest BCUT2D eigenvalue weighted by atomic mass is 10.0. The number of thiazole rings is 1. The van der Waals surface area contributed by atoms with Gasteiger partial charge < -0.3 is 4.74 Å². The fraction of sp³-hybridized carbons (Fsp3) is 0.538. The molecule has 2 aliphatic rings. The molecule has 4 rings (SSSR count). The minimum absolute atomic E-state index is 0.247. The first-order valence-corrected chi connectivity index (χ1v) is 7.96. The summed E-state index contributed by atoms with van der Waals surface area (Å²) in [7, 11) is 0. The van der Waals surface area contributed by atoms with Crippen LogP contribution in [0.2, 0.25) is 0 Å². The molecule has 1 N–H and O–H groups in total. The summed E-state index contributed by atoms with van der Waals surface area (Å²) in [6.45, 7) is 3.03. The number of hydrogen-bond donors (Lipinski definition) is 1. The molecule has 1 saturated heterocycles. The monoisotopic (exact) mass is 321 g/mol. The van der Waals surface area contributed by atoms with Gasteiger partial charge in [0.1, 0.15) is 17.2 Å². The van der Waals surface area contributed by atoms with Crippen LogP contribution in [-0.4, -0.2) is 43.3 Å². The van der Waals surface area contributed by atoms with Crippen molar-refractivity contribution in [2.24, 2.45) is 0 Å². The third-order valence-electron chi connectivity index (χ3n) is 4.23. The first-order chi connectivity index (χ1) is 10.7. The molecule has 4 heterocycles. The highest BCUT2D eigenvalue weighted by Gasteiger charge is 2.43. The highest BCUT2D eigenvalue weighted by atomic mass is 32.1. The molecular weight excluding hydrogens is 306 g/mol. The Morgan fingerprint density at radius 1 is 1.41 bits per heavy atom. The zero-order valence-corrected chi connectivity index (χ0v) is 12.6. The Bertz CT molecular complexity index is 799. The predicted octanol–water partition coefficient (Wildman–Crippen LogP) is -0.437. The SMILES string of the molecule is O=c1[nH]nc2n(c1=O)CC1(CCN(Cc3nccs3)C1)OC2. The maximum atomic E-state index is 12.0. The van der Waals surface area contributed by atoms with Crippen LogP contribution >= 0.6 is 11.3 Å². The predicted molar refractivity (Wildman–Crippen MR) is 78.6 cm³/mol. The van der Waals surface area contributed by atoms with Gasteiger partial charge in [-0.1, -0.05) is 0 Å². The Morgan fingerprint density at radius 2 is 2.32 bits per heavy atom. The third-order valence-corrected chi connectivity index (χ3v) is 4.99. The molecule has 2 aromatic heterocycles. The van der Waals surface area contributed by atoms with Crippen molar-refractivity contribution in [3.63, 3.8) is 0 Å². The molecule has 116 valence electrons. The van der Waals surface area contributed by atoms with Gasteiger partial charge in [0, 0.05) is 24.7 Å². The van der Waals surface area contributed by atoms with Gasteiger partial charge >= 0.3 is 11.1 Å². The quantitative estimate of drug-likeness (QED) is 0.754. The van der Waals surface area contributed by atoms with Crippen LogP contribution in [0.5, 0.6) is 0 Å². The third kappa shape index (κ3) is 2.31. The number of nitrogens with zero attached hydrogens (tertiary/aromatic N) is 4. The molecule has 0 radical (unpaired) electrons. The van der Waals surface area contributed by atoms with Crippen LogP contribution in [0.4, 0.5) is 0 Å². The van der Waals surface area contributed by atoms with Crippen molar-refractivity contribution >= 4 is 11.3 Å². The smallest absolute Gasteiger partial charge is 0.330 e. The van der Waals surface area contributed by atoms with Gasteiger partial charge in [0.2, 0.25) is 0 Å². The number of nitrogens with one attached hydrogen (secondary N) is 1. The Hall–Kier alpha value is -1.84. The second kappa shape index (κ2) is 5.11. The van der Waals surface area contributed by atoms with E-state index in [2.05, 4.69) is 20.1 Å². The molecule has 0 bridgehead atoms. The second-order valence-corrected chi connectivity index (χ2v) is 6.70. The summed E-state index contributed by atoms with van der Waals surface area (Å²) in [5, 5.41) is 9.14. The Kier molecular flexibility index (Phi) is 3.21. The van der Waals surface area contributed by atoms with Crippen LogP contribution in [-0.2, 0) is 24.4 Å². The lowest BCUT2D eigenvalue weighted by Crippen LogP contribution is -2.51. The van der Waals surface area contributed by atoms with Gasteiger partial charge in [-0.25, -0.2) is 10.1 Å². The molecule has 0 aromatic carbocycles. The van der Waals surface area contributed by atoms with Gasteiger partial charge in [0.05, 0.1) is 13.1 Å². The van der Waals surface area contributed by atoms with E-state index < -0.39 is 16.7 Å². The van der Waals surface area contributed by atoms with Crippen molar-refractivity contribution in [3.05, 3.63) is 43.1 Å². The van der Waals surface area contributed by atoms with Crippen molar-refractivity contribution in [2.45, 2.75) is 31.7 Å². The molecule has 1 atom stereocenters. The largest absolute Gasteiger partial charge is 0.364 e. The molecule has 2 aromatic rings. The van der Waals surface area contributed by atoms with E-state index in [-0.39, 0.29) is 6.61 Å². The number of hydrogen-bond acceptors (Lipinski definition) is 7. The number of aromatic nitrogens is 4. The van der Waals surface area contributed by atoms with Crippen molar-refractivity contribution in [2.75, 3.05) is 13.1 Å². The Morgan fingerprint density at radius 3 is 3.14 bits per heavy atom. The first kappa shape index (κ1) is 13.8. The van der Waals surface area contributed by atoms with Crippen LogP contribution in [0, 0.1) is 0 Å². The van der Waals surface area contributed by atoms with E-state index in [4.69, 9.17) is 4.74 Å².